The molecule has 10 nitrogen and oxygen atoms in total. The van der Waals surface area contributed by atoms with E-state index in [0.717, 1.165) is 54.9 Å². The van der Waals surface area contributed by atoms with Crippen molar-refractivity contribution >= 4 is 34.3 Å². The fourth-order valence-electron chi connectivity index (χ4n) is 5.21. The van der Waals surface area contributed by atoms with Crippen LogP contribution >= 0.6 is 0 Å². The van der Waals surface area contributed by atoms with E-state index in [1.807, 2.05) is 49.1 Å². The second kappa shape index (κ2) is 11.6. The Kier molecular flexibility index (Phi) is 7.86. The summed E-state index contributed by atoms with van der Waals surface area (Å²) in [6.07, 6.45) is 5.98. The lowest BCUT2D eigenvalue weighted by Gasteiger charge is -2.33. The van der Waals surface area contributed by atoms with Gasteiger partial charge in [0.1, 0.15) is 22.7 Å². The zero-order valence-corrected chi connectivity index (χ0v) is 22.6. The number of carbonyl (C=O) groups excluding carboxylic acids is 1. The first-order chi connectivity index (χ1) is 19.3. The van der Waals surface area contributed by atoms with Crippen LogP contribution in [-0.4, -0.2) is 54.6 Å². The molecule has 206 valence electrons. The molecule has 1 aliphatic heterocycles. The normalized spacial score (nSPS) is 15.1. The summed E-state index contributed by atoms with van der Waals surface area (Å²) in [7, 11) is 0. The molecule has 2 aromatic carbocycles. The molecule has 1 unspecified atom stereocenters. The number of carboxylic acids is 1. The number of benzene rings is 2. The maximum Gasteiger partial charge on any atom is 0.339 e. The maximum absolute atomic E-state index is 13.1. The fraction of sp³-hybridized carbons (Fsp3) is 0.333. The third kappa shape index (κ3) is 6.01. The summed E-state index contributed by atoms with van der Waals surface area (Å²) in [5.41, 5.74) is 3.77. The Morgan fingerprint density at radius 1 is 1.05 bits per heavy atom. The van der Waals surface area contributed by atoms with E-state index in [0.29, 0.717) is 23.7 Å². The molecule has 10 heteroatoms. The van der Waals surface area contributed by atoms with Crippen molar-refractivity contribution in [2.45, 2.75) is 45.6 Å². The minimum absolute atomic E-state index is 0.0556. The zero-order chi connectivity index (χ0) is 28.2. The molecular weight excluding hydrogens is 508 g/mol. The predicted molar refractivity (Wildman–Crippen MR) is 150 cm³/mol. The van der Waals surface area contributed by atoms with E-state index in [9.17, 15) is 14.7 Å². The highest BCUT2D eigenvalue weighted by Gasteiger charge is 2.25. The average molecular weight is 541 g/mol. The number of carbonyl (C=O) groups is 2. The van der Waals surface area contributed by atoms with Gasteiger partial charge in [-0.25, -0.2) is 9.78 Å². The molecule has 1 saturated heterocycles. The molecular formula is C30H32N6O4. The Morgan fingerprint density at radius 3 is 2.48 bits per heavy atom. The number of rotatable bonds is 8. The van der Waals surface area contributed by atoms with Gasteiger partial charge in [-0.2, -0.15) is 10.2 Å². The summed E-state index contributed by atoms with van der Waals surface area (Å²) in [5, 5.41) is 27.0. The molecule has 1 amide bonds. The smallest absolute Gasteiger partial charge is 0.339 e. The van der Waals surface area contributed by atoms with Crippen LogP contribution in [-0.2, 0) is 11.3 Å². The minimum Gasteiger partial charge on any atom is -0.507 e. The van der Waals surface area contributed by atoms with Crippen LogP contribution in [0.2, 0.25) is 0 Å². The van der Waals surface area contributed by atoms with E-state index in [-0.39, 0.29) is 23.1 Å². The van der Waals surface area contributed by atoms with Crippen LogP contribution in [0.4, 0.5) is 11.4 Å². The number of amides is 1. The highest BCUT2D eigenvalue weighted by atomic mass is 16.4. The molecule has 0 aliphatic carbocycles. The summed E-state index contributed by atoms with van der Waals surface area (Å²) in [6, 6.07) is 13.6. The molecule has 1 aliphatic rings. The number of hydrogen-bond acceptors (Lipinski definition) is 7. The molecule has 1 atom stereocenters. The lowest BCUT2D eigenvalue weighted by atomic mass is 9.94. The fourth-order valence-corrected chi connectivity index (χ4v) is 5.21. The number of fused-ring (bicyclic) bond motifs is 1. The molecule has 2 N–H and O–H groups in total. The monoisotopic (exact) mass is 540 g/mol. The number of imidazole rings is 1. The van der Waals surface area contributed by atoms with Crippen molar-refractivity contribution < 1.29 is 19.8 Å². The molecule has 0 saturated carbocycles. The number of aromatic nitrogens is 3. The molecule has 2 aromatic heterocycles. The van der Waals surface area contributed by atoms with Gasteiger partial charge in [-0.3, -0.25) is 9.78 Å². The first-order valence-electron chi connectivity index (χ1n) is 13.4. The third-order valence-electron chi connectivity index (χ3n) is 7.58. The summed E-state index contributed by atoms with van der Waals surface area (Å²) < 4.78 is 2.27. The van der Waals surface area contributed by atoms with Gasteiger partial charge < -0.3 is 19.7 Å². The summed E-state index contributed by atoms with van der Waals surface area (Å²) in [5.74, 6) is 0.176. The number of azo groups is 1. The molecule has 1 fully saturated rings. The van der Waals surface area contributed by atoms with E-state index in [2.05, 4.69) is 24.8 Å². The van der Waals surface area contributed by atoms with Crippen LogP contribution in [0.5, 0.6) is 5.75 Å². The summed E-state index contributed by atoms with van der Waals surface area (Å²) in [6.45, 7) is 6.52. The highest BCUT2D eigenvalue weighted by molar-refractivity contribution is 5.91. The van der Waals surface area contributed by atoms with Gasteiger partial charge in [-0.15, -0.1) is 0 Å². The van der Waals surface area contributed by atoms with Gasteiger partial charge in [-0.05, 0) is 73.6 Å². The molecule has 3 heterocycles. The minimum atomic E-state index is -1.23. The standard InChI is InChI=1S/C30H32N6O4/c1-19(22-3-5-23(6-4-22)33-34-24-7-8-28(37)25(16-24)30(39)40)15-29(38)35-13-10-21(11-14-35)18-36-20(2)32-26-17-31-12-9-27(26)36/h3-9,12,16-17,19,21,37H,10-11,13-15,18H2,1-2H3,(H,39,40). The number of phenols is 1. The van der Waals surface area contributed by atoms with Gasteiger partial charge in [0.25, 0.3) is 0 Å². The Labute approximate surface area is 232 Å². The second-order valence-electron chi connectivity index (χ2n) is 10.4. The highest BCUT2D eigenvalue weighted by Crippen LogP contribution is 2.28. The quantitative estimate of drug-likeness (QED) is 0.264. The summed E-state index contributed by atoms with van der Waals surface area (Å²) >= 11 is 0. The predicted octanol–water partition coefficient (Wildman–Crippen LogP) is 5.99. The van der Waals surface area contributed by atoms with Gasteiger partial charge in [0.2, 0.25) is 5.91 Å². The number of carboxylic acid groups (broad SMARTS) is 1. The first kappa shape index (κ1) is 27.0. The van der Waals surface area contributed by atoms with Crippen LogP contribution in [0.1, 0.15) is 53.8 Å². The largest absolute Gasteiger partial charge is 0.507 e. The van der Waals surface area contributed by atoms with E-state index in [1.54, 1.807) is 12.4 Å². The number of hydrogen-bond donors (Lipinski definition) is 2. The van der Waals surface area contributed by atoms with Gasteiger partial charge in [0, 0.05) is 32.3 Å². The van der Waals surface area contributed by atoms with Crippen molar-refractivity contribution in [1.29, 1.82) is 0 Å². The number of aryl methyl sites for hydroxylation is 1. The van der Waals surface area contributed by atoms with Crippen LogP contribution in [0, 0.1) is 12.8 Å². The number of aromatic hydroxyl groups is 1. The van der Waals surface area contributed by atoms with Gasteiger partial charge >= 0.3 is 5.97 Å². The molecule has 5 rings (SSSR count). The number of likely N-dealkylation sites (tertiary alicyclic amines) is 1. The van der Waals surface area contributed by atoms with Crippen LogP contribution < -0.4 is 0 Å². The van der Waals surface area contributed by atoms with Crippen molar-refractivity contribution in [3.05, 3.63) is 77.9 Å². The van der Waals surface area contributed by atoms with Gasteiger partial charge in [0.05, 0.1) is 23.1 Å². The Morgan fingerprint density at radius 2 is 1.75 bits per heavy atom. The van der Waals surface area contributed by atoms with Crippen LogP contribution in [0.15, 0.2) is 71.2 Å². The topological polar surface area (TPSA) is 133 Å². The van der Waals surface area contributed by atoms with Crippen molar-refractivity contribution in [2.24, 2.45) is 16.1 Å². The van der Waals surface area contributed by atoms with Crippen molar-refractivity contribution in [2.75, 3.05) is 13.1 Å². The molecule has 0 radical (unpaired) electrons. The van der Waals surface area contributed by atoms with Crippen molar-refractivity contribution in [3.8, 4) is 5.75 Å². The van der Waals surface area contributed by atoms with Crippen molar-refractivity contribution in [1.82, 2.24) is 19.4 Å². The molecule has 0 bridgehead atoms. The third-order valence-corrected chi connectivity index (χ3v) is 7.58. The molecule has 0 spiro atoms. The molecule has 40 heavy (non-hydrogen) atoms. The van der Waals surface area contributed by atoms with Gasteiger partial charge in [-0.1, -0.05) is 19.1 Å². The number of pyridine rings is 1. The van der Waals surface area contributed by atoms with E-state index >= 15 is 0 Å². The SMILES string of the molecule is Cc1nc2cnccc2n1CC1CCN(C(=O)CC(C)c2ccc(N=Nc3ccc(O)c(C(=O)O)c3)cc2)CC1. The van der Waals surface area contributed by atoms with E-state index in [4.69, 9.17) is 5.11 Å². The van der Waals surface area contributed by atoms with E-state index < -0.39 is 5.97 Å². The lowest BCUT2D eigenvalue weighted by Crippen LogP contribution is -2.39. The zero-order valence-electron chi connectivity index (χ0n) is 22.6. The van der Waals surface area contributed by atoms with Crippen LogP contribution in [0.3, 0.4) is 0 Å². The van der Waals surface area contributed by atoms with E-state index in [1.165, 1.54) is 18.2 Å². The number of nitrogens with zero attached hydrogens (tertiary/aromatic N) is 6. The Hall–Kier alpha value is -4.60. The Bertz CT molecular complexity index is 1550. The molecule has 4 aromatic rings. The lowest BCUT2D eigenvalue weighted by molar-refractivity contribution is -0.133. The van der Waals surface area contributed by atoms with Gasteiger partial charge in [0.15, 0.2) is 0 Å². The van der Waals surface area contributed by atoms with Crippen molar-refractivity contribution in [3.63, 3.8) is 0 Å². The first-order valence-corrected chi connectivity index (χ1v) is 13.4. The average Bonchev–Trinajstić information content (AvgIpc) is 3.27. The summed E-state index contributed by atoms with van der Waals surface area (Å²) in [4.78, 5) is 35.0. The maximum atomic E-state index is 13.1. The Balaban J connectivity index is 1.13. The van der Waals surface area contributed by atoms with Crippen LogP contribution in [0.25, 0.3) is 11.0 Å². The number of piperidine rings is 1. The number of aromatic carboxylic acids is 1. The second-order valence-corrected chi connectivity index (χ2v) is 10.4.